The number of para-hydroxylation sites is 4. The van der Waals surface area contributed by atoms with E-state index in [4.69, 9.17) is 64.1 Å². The molecule has 0 aliphatic heterocycles. The summed E-state index contributed by atoms with van der Waals surface area (Å²) in [6.45, 7) is 0. The summed E-state index contributed by atoms with van der Waals surface area (Å²) in [6, 6.07) is 120. The number of fused-ring (bicyclic) bond motifs is 18. The third kappa shape index (κ3) is 13.1. The molecule has 8 aromatic heterocycles. The molecule has 118 heavy (non-hydrogen) atoms. The molecule has 0 saturated carbocycles. The predicted molar refractivity (Wildman–Crippen MR) is 483 cm³/mol. The van der Waals surface area contributed by atoms with Crippen LogP contribution in [0, 0.1) is 0 Å². The zero-order valence-electron chi connectivity index (χ0n) is 62.2. The van der Waals surface area contributed by atoms with E-state index >= 15 is 0 Å². The fourth-order valence-corrected chi connectivity index (χ4v) is 16.7. The van der Waals surface area contributed by atoms with Crippen LogP contribution in [0.1, 0.15) is 0 Å². The minimum absolute atomic E-state index is 0.209. The molecule has 12 nitrogen and oxygen atoms in total. The largest absolute Gasteiger partial charge is 0.452 e. The van der Waals surface area contributed by atoms with E-state index in [0.717, 1.165) is 121 Å². The summed E-state index contributed by atoms with van der Waals surface area (Å²) in [5.41, 5.74) is 22.4. The molecule has 24 aromatic rings. The molecule has 0 bridgehead atoms. The van der Waals surface area contributed by atoms with Crippen molar-refractivity contribution < 1.29 is 17.7 Å². The lowest BCUT2D eigenvalue weighted by atomic mass is 9.93. The second-order valence-corrected chi connectivity index (χ2v) is 29.9. The Morgan fingerprint density at radius 3 is 0.958 bits per heavy atom. The molecule has 0 radical (unpaired) electrons. The molecule has 0 atom stereocenters. The molecule has 0 N–H and O–H groups in total. The zero-order valence-corrected chi connectivity index (χ0v) is 65.2. The highest BCUT2D eigenvalue weighted by Crippen LogP contribution is 2.45. The standard InChI is InChI=1S/3C26H15ClN2O.C24H13ClN2O/c27-26-28-23(25-24(29-26)21-7-3-4-8-22(21)30-25)18-12-9-17(10-13-18)20-14-11-16-5-1-2-6-19(16)15-20;27-26-28-23(25-24(29-26)21-12-6-7-13-22(21)30-25)20-15-14-17(16-8-2-1-3-9-16)18-10-4-5-11-19(18)20;27-26-28-23(25-24(29-26)21-8-4-5-9-22(21)30-25)20-13-12-18-14-17(10-11-19(18)15-20)16-6-2-1-3-7-16;25-24-26-21-18-11-5-6-12-20(18)28-23(21)22(27-24)19-13-14-7-1-2-8-15(14)16-9-3-4-10-17(16)19/h3*1-15H;1-13H. The highest BCUT2D eigenvalue weighted by atomic mass is 35.5. The smallest absolute Gasteiger partial charge is 0.223 e. The molecule has 0 spiro atoms. The first-order valence-electron chi connectivity index (χ1n) is 38.2. The minimum Gasteiger partial charge on any atom is -0.452 e. The van der Waals surface area contributed by atoms with E-state index in [-0.39, 0.29) is 21.1 Å². The number of rotatable bonds is 7. The molecule has 0 amide bonds. The molecular formula is C102H58Cl4N8O4. The lowest BCUT2D eigenvalue weighted by Crippen LogP contribution is -1.91. The number of hydrogen-bond acceptors (Lipinski definition) is 12. The van der Waals surface area contributed by atoms with Crippen molar-refractivity contribution in [1.29, 1.82) is 0 Å². The van der Waals surface area contributed by atoms with Gasteiger partial charge in [-0.1, -0.05) is 279 Å². The van der Waals surface area contributed by atoms with Gasteiger partial charge in [0.1, 0.15) is 67.2 Å². The van der Waals surface area contributed by atoms with Crippen LogP contribution >= 0.6 is 46.4 Å². The van der Waals surface area contributed by atoms with Crippen LogP contribution in [-0.2, 0) is 0 Å². The molecule has 0 aliphatic rings. The Morgan fingerprint density at radius 2 is 0.466 bits per heavy atom. The van der Waals surface area contributed by atoms with Crippen molar-refractivity contribution in [3.63, 3.8) is 0 Å². The average Bonchev–Trinajstić information content (AvgIpc) is 1.66. The van der Waals surface area contributed by atoms with Gasteiger partial charge in [0.25, 0.3) is 0 Å². The summed E-state index contributed by atoms with van der Waals surface area (Å²) in [4.78, 5) is 35.9. The number of benzene rings is 16. The van der Waals surface area contributed by atoms with Gasteiger partial charge in [-0.05, 0) is 206 Å². The van der Waals surface area contributed by atoms with Gasteiger partial charge in [0, 0.05) is 43.8 Å². The van der Waals surface area contributed by atoms with Crippen LogP contribution in [0.15, 0.2) is 370 Å². The van der Waals surface area contributed by atoms with Gasteiger partial charge in [-0.25, -0.2) is 39.9 Å². The minimum atomic E-state index is 0.209. The first-order chi connectivity index (χ1) is 58.1. The Balaban J connectivity index is 0.0000000978. The van der Waals surface area contributed by atoms with Gasteiger partial charge < -0.3 is 17.7 Å². The Labute approximate surface area is 692 Å². The first kappa shape index (κ1) is 71.3. The van der Waals surface area contributed by atoms with E-state index in [9.17, 15) is 0 Å². The molecule has 16 heteroatoms. The second-order valence-electron chi connectivity index (χ2n) is 28.5. The number of halogens is 4. The van der Waals surface area contributed by atoms with Crippen LogP contribution in [-0.4, -0.2) is 39.9 Å². The topological polar surface area (TPSA) is 156 Å². The van der Waals surface area contributed by atoms with E-state index in [1.165, 1.54) is 54.7 Å². The van der Waals surface area contributed by atoms with Gasteiger partial charge in [-0.2, -0.15) is 0 Å². The van der Waals surface area contributed by atoms with Gasteiger partial charge >= 0.3 is 0 Å². The third-order valence-electron chi connectivity index (χ3n) is 21.5. The van der Waals surface area contributed by atoms with E-state index in [1.807, 2.05) is 127 Å². The number of aromatic nitrogens is 8. The van der Waals surface area contributed by atoms with Crippen molar-refractivity contribution in [2.24, 2.45) is 0 Å². The summed E-state index contributed by atoms with van der Waals surface area (Å²) < 4.78 is 24.5. The summed E-state index contributed by atoms with van der Waals surface area (Å²) in [5.74, 6) is 0. The first-order valence-corrected chi connectivity index (χ1v) is 39.7. The van der Waals surface area contributed by atoms with Crippen molar-refractivity contribution in [1.82, 2.24) is 39.9 Å². The van der Waals surface area contributed by atoms with E-state index in [0.29, 0.717) is 45.1 Å². The van der Waals surface area contributed by atoms with Crippen LogP contribution in [0.2, 0.25) is 21.1 Å². The predicted octanol–water partition coefficient (Wildman–Crippen LogP) is 29.6. The van der Waals surface area contributed by atoms with Crippen molar-refractivity contribution in [2.45, 2.75) is 0 Å². The fourth-order valence-electron chi connectivity index (χ4n) is 16.0. The van der Waals surface area contributed by atoms with Gasteiger partial charge in [0.15, 0.2) is 22.3 Å². The average molecular weight is 1600 g/mol. The Kier molecular flexibility index (Phi) is 18.1. The summed E-state index contributed by atoms with van der Waals surface area (Å²) in [5, 5.41) is 16.2. The number of hydrogen-bond donors (Lipinski definition) is 0. The molecule has 0 saturated heterocycles. The maximum absolute atomic E-state index is 6.35. The molecular weight excluding hydrogens is 1540 g/mol. The lowest BCUT2D eigenvalue weighted by Gasteiger charge is -2.12. The molecule has 0 fully saturated rings. The maximum Gasteiger partial charge on any atom is 0.223 e. The number of furan rings is 4. The highest BCUT2D eigenvalue weighted by Gasteiger charge is 2.24. The van der Waals surface area contributed by atoms with Crippen LogP contribution in [0.25, 0.3) is 221 Å². The van der Waals surface area contributed by atoms with Gasteiger partial charge in [0.05, 0.1) is 0 Å². The van der Waals surface area contributed by atoms with Gasteiger partial charge in [-0.15, -0.1) is 0 Å². The summed E-state index contributed by atoms with van der Waals surface area (Å²) in [7, 11) is 0. The zero-order chi connectivity index (χ0) is 78.9. The van der Waals surface area contributed by atoms with Crippen LogP contribution in [0.5, 0.6) is 0 Å². The Hall–Kier alpha value is -14.5. The van der Waals surface area contributed by atoms with Crippen molar-refractivity contribution in [2.75, 3.05) is 0 Å². The van der Waals surface area contributed by atoms with E-state index in [1.54, 1.807) is 0 Å². The normalized spacial score (nSPS) is 11.6. The van der Waals surface area contributed by atoms with E-state index in [2.05, 4.69) is 264 Å². The monoisotopic (exact) mass is 1600 g/mol. The van der Waals surface area contributed by atoms with Gasteiger partial charge in [-0.3, -0.25) is 0 Å². The maximum atomic E-state index is 6.35. The third-order valence-corrected chi connectivity index (χ3v) is 22.2. The number of nitrogens with zero attached hydrogens (tertiary/aromatic N) is 8. The Morgan fingerprint density at radius 1 is 0.169 bits per heavy atom. The quantitative estimate of drug-likeness (QED) is 0.110. The summed E-state index contributed by atoms with van der Waals surface area (Å²) in [6.07, 6.45) is 0. The molecule has 16 aromatic carbocycles. The van der Waals surface area contributed by atoms with E-state index < -0.39 is 0 Å². The fraction of sp³-hybridized carbons (Fsp3) is 0. The van der Waals surface area contributed by atoms with Crippen LogP contribution < -0.4 is 0 Å². The van der Waals surface area contributed by atoms with Crippen molar-refractivity contribution >= 4 is 189 Å². The second kappa shape index (κ2) is 30.0. The Bertz CT molecular complexity index is 8090. The molecule has 24 rings (SSSR count). The highest BCUT2D eigenvalue weighted by molar-refractivity contribution is 6.31. The molecule has 0 unspecified atom stereocenters. The molecule has 558 valence electrons. The lowest BCUT2D eigenvalue weighted by molar-refractivity contribution is 0.667. The van der Waals surface area contributed by atoms with Crippen LogP contribution in [0.4, 0.5) is 0 Å². The van der Waals surface area contributed by atoms with Gasteiger partial charge in [0.2, 0.25) is 21.1 Å². The SMILES string of the molecule is Clc1nc(-c2cc3ccccc3c3ccccc23)c2oc3ccccc3c2n1.Clc1nc(-c2ccc(-c3ccc4ccccc4c3)cc2)c2oc3ccccc3c2n1.Clc1nc(-c2ccc(-c3ccccc3)c3ccccc23)c2oc3ccccc3c2n1.Clc1nc(-c2ccc3cc(-c4ccccc4)ccc3c2)c2oc3ccccc3c2n1. The molecule has 8 heterocycles. The van der Waals surface area contributed by atoms with Crippen LogP contribution in [0.3, 0.4) is 0 Å². The molecule has 0 aliphatic carbocycles. The van der Waals surface area contributed by atoms with Crippen molar-refractivity contribution in [3.8, 4) is 78.4 Å². The van der Waals surface area contributed by atoms with Crippen molar-refractivity contribution in [3.05, 3.63) is 373 Å². The summed E-state index contributed by atoms with van der Waals surface area (Å²) >= 11 is 25.2.